The first-order chi connectivity index (χ1) is 12.0. The lowest BCUT2D eigenvalue weighted by Crippen LogP contribution is -2.35. The summed E-state index contributed by atoms with van der Waals surface area (Å²) in [5.74, 6) is 1.83. The van der Waals surface area contributed by atoms with E-state index in [9.17, 15) is 0 Å². The molecule has 0 aliphatic heterocycles. The summed E-state index contributed by atoms with van der Waals surface area (Å²) < 4.78 is 4.72. The average molecular weight is 342 g/mol. The third-order valence-corrected chi connectivity index (χ3v) is 5.30. The number of rotatable bonds is 9. The Bertz CT molecular complexity index is 626. The molecule has 0 fully saturated rings. The van der Waals surface area contributed by atoms with Crippen LogP contribution in [0, 0.1) is 5.92 Å². The van der Waals surface area contributed by atoms with E-state index in [0.29, 0.717) is 11.8 Å². The molecule has 1 aromatic heterocycles. The number of hydrogen-bond donors (Lipinski definition) is 0. The fraction of sp³-hybridized carbons (Fsp3) is 0.609. The van der Waals surface area contributed by atoms with Crippen molar-refractivity contribution in [3.63, 3.8) is 0 Å². The molecule has 0 amide bonds. The van der Waals surface area contributed by atoms with E-state index in [2.05, 4.69) is 87.6 Å². The van der Waals surface area contributed by atoms with Gasteiger partial charge in [-0.2, -0.15) is 0 Å². The predicted molar refractivity (Wildman–Crippen MR) is 107 cm³/mol. The van der Waals surface area contributed by atoms with Gasteiger partial charge in [-0.1, -0.05) is 72.6 Å². The molecule has 138 valence electrons. The van der Waals surface area contributed by atoms with E-state index in [1.807, 2.05) is 0 Å². The Hall–Kier alpha value is -1.57. The number of imidazole rings is 1. The van der Waals surface area contributed by atoms with Crippen molar-refractivity contribution in [1.82, 2.24) is 4.57 Å². The van der Waals surface area contributed by atoms with Crippen molar-refractivity contribution < 1.29 is 4.57 Å². The van der Waals surface area contributed by atoms with Crippen molar-refractivity contribution in [2.24, 2.45) is 5.92 Å². The lowest BCUT2D eigenvalue weighted by Gasteiger charge is -2.16. The minimum Gasteiger partial charge on any atom is -0.236 e. The first kappa shape index (κ1) is 19.8. The lowest BCUT2D eigenvalue weighted by molar-refractivity contribution is -0.702. The molecule has 0 radical (unpaired) electrons. The highest BCUT2D eigenvalue weighted by atomic mass is 15.1. The third-order valence-electron chi connectivity index (χ3n) is 5.30. The zero-order chi connectivity index (χ0) is 18.4. The number of para-hydroxylation sites is 1. The van der Waals surface area contributed by atoms with Gasteiger partial charge in [0.2, 0.25) is 6.33 Å². The molecular weight excluding hydrogens is 304 g/mol. The molecule has 0 bridgehead atoms. The van der Waals surface area contributed by atoms with Crippen LogP contribution in [-0.2, 0) is 6.54 Å². The summed E-state index contributed by atoms with van der Waals surface area (Å²) in [7, 11) is 0. The monoisotopic (exact) mass is 341 g/mol. The fourth-order valence-electron chi connectivity index (χ4n) is 3.66. The van der Waals surface area contributed by atoms with E-state index in [1.54, 1.807) is 0 Å². The largest absolute Gasteiger partial charge is 0.249 e. The summed E-state index contributed by atoms with van der Waals surface area (Å²) in [6.45, 7) is 14.9. The van der Waals surface area contributed by atoms with Crippen molar-refractivity contribution >= 4 is 0 Å². The van der Waals surface area contributed by atoms with Gasteiger partial charge in [-0.05, 0) is 30.6 Å². The van der Waals surface area contributed by atoms with Gasteiger partial charge in [0.25, 0.3) is 0 Å². The first-order valence-electron chi connectivity index (χ1n) is 10.2. The minimum atomic E-state index is 0.525. The van der Waals surface area contributed by atoms with Crippen LogP contribution in [0.5, 0.6) is 0 Å². The van der Waals surface area contributed by atoms with Gasteiger partial charge in [0.1, 0.15) is 18.1 Å². The van der Waals surface area contributed by atoms with Crippen molar-refractivity contribution in [3.8, 4) is 5.69 Å². The SMILES string of the molecule is CCCCC(CC)C[n+]1ccn(-c2c(C(C)C)cccc2C(C)C)c1. The molecular formula is C23H37N2+. The molecule has 1 unspecified atom stereocenters. The molecule has 0 N–H and O–H groups in total. The van der Waals surface area contributed by atoms with Gasteiger partial charge < -0.3 is 0 Å². The van der Waals surface area contributed by atoms with Crippen LogP contribution in [-0.4, -0.2) is 4.57 Å². The van der Waals surface area contributed by atoms with Crippen LogP contribution in [0.3, 0.4) is 0 Å². The molecule has 2 rings (SSSR count). The molecule has 0 aliphatic rings. The number of unbranched alkanes of at least 4 members (excludes halogenated alkanes) is 1. The van der Waals surface area contributed by atoms with Crippen LogP contribution in [0.1, 0.15) is 90.2 Å². The molecule has 0 spiro atoms. The molecule has 0 saturated carbocycles. The van der Waals surface area contributed by atoms with E-state index in [4.69, 9.17) is 0 Å². The number of nitrogens with zero attached hydrogens (tertiary/aromatic N) is 2. The maximum Gasteiger partial charge on any atom is 0.249 e. The molecule has 1 aromatic carbocycles. The number of aromatic nitrogens is 2. The summed E-state index contributed by atoms with van der Waals surface area (Å²) in [6.07, 6.45) is 12.0. The highest BCUT2D eigenvalue weighted by molar-refractivity contribution is 5.50. The third kappa shape index (κ3) is 4.96. The lowest BCUT2D eigenvalue weighted by atomic mass is 9.92. The van der Waals surface area contributed by atoms with E-state index in [1.165, 1.54) is 42.5 Å². The van der Waals surface area contributed by atoms with Crippen LogP contribution in [0.4, 0.5) is 0 Å². The van der Waals surface area contributed by atoms with Crippen LogP contribution in [0.2, 0.25) is 0 Å². The highest BCUT2D eigenvalue weighted by Crippen LogP contribution is 2.30. The quantitative estimate of drug-likeness (QED) is 0.478. The van der Waals surface area contributed by atoms with E-state index >= 15 is 0 Å². The molecule has 2 aromatic rings. The van der Waals surface area contributed by atoms with Gasteiger partial charge >= 0.3 is 0 Å². The highest BCUT2D eigenvalue weighted by Gasteiger charge is 2.20. The predicted octanol–water partition coefficient (Wildman–Crippen LogP) is 6.23. The maximum atomic E-state index is 2.38. The smallest absolute Gasteiger partial charge is 0.236 e. The Labute approximate surface area is 154 Å². The molecule has 0 aliphatic carbocycles. The Balaban J connectivity index is 2.33. The Morgan fingerprint density at radius 3 is 2.16 bits per heavy atom. The topological polar surface area (TPSA) is 8.81 Å². The van der Waals surface area contributed by atoms with Crippen LogP contribution in [0.25, 0.3) is 5.69 Å². The van der Waals surface area contributed by atoms with Gasteiger partial charge in [-0.25, -0.2) is 9.13 Å². The van der Waals surface area contributed by atoms with Gasteiger partial charge in [0.15, 0.2) is 0 Å². The summed E-state index contributed by atoms with van der Waals surface area (Å²) >= 11 is 0. The van der Waals surface area contributed by atoms with E-state index in [-0.39, 0.29) is 0 Å². The van der Waals surface area contributed by atoms with Gasteiger partial charge in [0, 0.05) is 11.1 Å². The summed E-state index contributed by atoms with van der Waals surface area (Å²) in [5.41, 5.74) is 4.26. The maximum absolute atomic E-state index is 2.38. The Morgan fingerprint density at radius 2 is 1.64 bits per heavy atom. The molecule has 2 heteroatoms. The standard InChI is InChI=1S/C23H37N2/c1-7-9-11-20(8-2)16-24-14-15-25(17-24)23-21(18(3)4)12-10-13-22(23)19(5)6/h10,12-15,17-20H,7-9,11,16H2,1-6H3/q+1. The summed E-state index contributed by atoms with van der Waals surface area (Å²) in [6, 6.07) is 6.78. The molecule has 2 nitrogen and oxygen atoms in total. The van der Waals surface area contributed by atoms with Gasteiger partial charge in [0.05, 0.1) is 6.54 Å². The minimum absolute atomic E-state index is 0.525. The van der Waals surface area contributed by atoms with Crippen molar-refractivity contribution in [3.05, 3.63) is 48.0 Å². The zero-order valence-corrected chi connectivity index (χ0v) is 17.1. The second-order valence-electron chi connectivity index (χ2n) is 8.03. The first-order valence-corrected chi connectivity index (χ1v) is 10.2. The number of benzene rings is 1. The Morgan fingerprint density at radius 1 is 1.00 bits per heavy atom. The average Bonchev–Trinajstić information content (AvgIpc) is 3.05. The van der Waals surface area contributed by atoms with Crippen LogP contribution >= 0.6 is 0 Å². The van der Waals surface area contributed by atoms with Gasteiger partial charge in [-0.3, -0.25) is 0 Å². The molecule has 25 heavy (non-hydrogen) atoms. The second kappa shape index (κ2) is 9.22. The van der Waals surface area contributed by atoms with Crippen molar-refractivity contribution in [2.75, 3.05) is 0 Å². The van der Waals surface area contributed by atoms with E-state index in [0.717, 1.165) is 12.5 Å². The number of hydrogen-bond acceptors (Lipinski definition) is 0. The molecule has 0 saturated heterocycles. The van der Waals surface area contributed by atoms with Crippen molar-refractivity contribution in [2.45, 2.75) is 85.6 Å². The van der Waals surface area contributed by atoms with Crippen LogP contribution in [0.15, 0.2) is 36.9 Å². The normalized spacial score (nSPS) is 13.0. The fourth-order valence-corrected chi connectivity index (χ4v) is 3.66. The zero-order valence-electron chi connectivity index (χ0n) is 17.1. The molecule has 1 heterocycles. The summed E-state index contributed by atoms with van der Waals surface area (Å²) in [5, 5.41) is 0. The van der Waals surface area contributed by atoms with Crippen molar-refractivity contribution in [1.29, 1.82) is 0 Å². The second-order valence-corrected chi connectivity index (χ2v) is 8.03. The molecule has 1 atom stereocenters. The summed E-state index contributed by atoms with van der Waals surface area (Å²) in [4.78, 5) is 0. The Kier molecular flexibility index (Phi) is 7.28. The van der Waals surface area contributed by atoms with E-state index < -0.39 is 0 Å². The van der Waals surface area contributed by atoms with Gasteiger partial charge in [-0.15, -0.1) is 0 Å². The van der Waals surface area contributed by atoms with Crippen LogP contribution < -0.4 is 4.57 Å².